The maximum Gasteiger partial charge on any atom is 0.411 e. The lowest BCUT2D eigenvalue weighted by molar-refractivity contribution is 0.187. The highest BCUT2D eigenvalue weighted by atomic mass is 35.5. The summed E-state index contributed by atoms with van der Waals surface area (Å²) in [6, 6.07) is 12.3. The molecule has 0 saturated carbocycles. The zero-order valence-electron chi connectivity index (χ0n) is 16.1. The molecule has 30 heavy (non-hydrogen) atoms. The van der Waals surface area contributed by atoms with Crippen molar-refractivity contribution in [2.24, 2.45) is 0 Å². The molecule has 162 valence electrons. The predicted molar refractivity (Wildman–Crippen MR) is 114 cm³/mol. The second-order valence-corrected chi connectivity index (χ2v) is 11.4. The number of methoxy groups -OCH3 is 1. The second-order valence-electron chi connectivity index (χ2n) is 6.71. The van der Waals surface area contributed by atoms with Gasteiger partial charge in [-0.05, 0) is 42.3 Å². The number of nitrogens with zero attached hydrogens (tertiary/aromatic N) is 1. The van der Waals surface area contributed by atoms with Gasteiger partial charge >= 0.3 is 6.09 Å². The maximum atomic E-state index is 13.0. The summed E-state index contributed by atoms with van der Waals surface area (Å²) in [5, 5.41) is 1.92. The molecule has 1 aliphatic rings. The fourth-order valence-electron chi connectivity index (χ4n) is 3.28. The van der Waals surface area contributed by atoms with Crippen LogP contribution in [-0.2, 0) is 24.6 Å². The van der Waals surface area contributed by atoms with Crippen LogP contribution in [0.25, 0.3) is 0 Å². The van der Waals surface area contributed by atoms with Crippen molar-refractivity contribution in [2.45, 2.75) is 16.6 Å². The summed E-state index contributed by atoms with van der Waals surface area (Å²) in [6.45, 7) is -0.104. The first-order valence-corrected chi connectivity index (χ1v) is 12.6. The van der Waals surface area contributed by atoms with Crippen molar-refractivity contribution in [3.8, 4) is 0 Å². The first-order chi connectivity index (χ1) is 14.1. The van der Waals surface area contributed by atoms with Gasteiger partial charge in [0.15, 0.2) is 9.84 Å². The third kappa shape index (κ3) is 4.77. The molecule has 1 amide bonds. The molecular weight excluding hydrogens is 452 g/mol. The highest BCUT2D eigenvalue weighted by molar-refractivity contribution is 7.92. The molecule has 2 aromatic rings. The fourth-order valence-corrected chi connectivity index (χ4v) is 7.00. The van der Waals surface area contributed by atoms with Crippen molar-refractivity contribution in [1.82, 2.24) is 4.31 Å². The number of anilines is 1. The summed E-state index contributed by atoms with van der Waals surface area (Å²) in [7, 11) is -6.28. The van der Waals surface area contributed by atoms with Crippen LogP contribution in [0, 0.1) is 0 Å². The number of ether oxygens (including phenoxy) is 1. The van der Waals surface area contributed by atoms with Crippen LogP contribution in [0.1, 0.15) is 17.2 Å². The summed E-state index contributed by atoms with van der Waals surface area (Å²) in [5.41, 5.74) is 0.856. The van der Waals surface area contributed by atoms with Gasteiger partial charge < -0.3 is 4.74 Å². The number of hydrogen-bond acceptors (Lipinski definition) is 6. The van der Waals surface area contributed by atoms with E-state index in [4.69, 9.17) is 11.6 Å². The van der Waals surface area contributed by atoms with Gasteiger partial charge in [0.1, 0.15) is 0 Å². The number of hydrogen-bond donors (Lipinski definition) is 1. The Morgan fingerprint density at radius 2 is 1.80 bits per heavy atom. The number of sulfonamides is 1. The Balaban J connectivity index is 1.83. The van der Waals surface area contributed by atoms with Gasteiger partial charge in [-0.15, -0.1) is 0 Å². The summed E-state index contributed by atoms with van der Waals surface area (Å²) >= 11 is 6.19. The normalized spacial score (nSPS) is 19.6. The van der Waals surface area contributed by atoms with E-state index in [0.717, 1.165) is 0 Å². The Labute approximate surface area is 180 Å². The number of nitrogens with one attached hydrogen (secondary N) is 1. The second kappa shape index (κ2) is 8.93. The molecule has 1 atom stereocenters. The SMILES string of the molecule is COC(=O)Nc1ccc(S(=O)(=O)N2CCC(c3ccccc3Cl)S(=O)(=O)CC2)cc1. The number of amides is 1. The van der Waals surface area contributed by atoms with Crippen LogP contribution < -0.4 is 5.32 Å². The van der Waals surface area contributed by atoms with E-state index in [2.05, 4.69) is 10.1 Å². The summed E-state index contributed by atoms with van der Waals surface area (Å²) in [6.07, 6.45) is -0.568. The van der Waals surface area contributed by atoms with E-state index in [-0.39, 0.29) is 30.2 Å². The zero-order valence-corrected chi connectivity index (χ0v) is 18.5. The Kier molecular flexibility index (Phi) is 6.71. The molecule has 3 rings (SSSR count). The number of sulfone groups is 1. The van der Waals surface area contributed by atoms with E-state index in [0.29, 0.717) is 16.3 Å². The van der Waals surface area contributed by atoms with Crippen LogP contribution in [0.5, 0.6) is 0 Å². The minimum absolute atomic E-state index is 0.00603. The first-order valence-electron chi connectivity index (χ1n) is 9.06. The third-order valence-corrected chi connectivity index (χ3v) is 9.24. The van der Waals surface area contributed by atoms with E-state index in [1.165, 1.54) is 35.7 Å². The highest BCUT2D eigenvalue weighted by Gasteiger charge is 2.36. The molecule has 1 aliphatic heterocycles. The van der Waals surface area contributed by atoms with Crippen molar-refractivity contribution in [2.75, 3.05) is 31.3 Å². The average molecular weight is 473 g/mol. The highest BCUT2D eigenvalue weighted by Crippen LogP contribution is 2.35. The quantitative estimate of drug-likeness (QED) is 0.732. The van der Waals surface area contributed by atoms with Crippen LogP contribution in [-0.4, -0.2) is 53.2 Å². The van der Waals surface area contributed by atoms with Crippen molar-refractivity contribution >= 4 is 43.2 Å². The maximum absolute atomic E-state index is 13.0. The summed E-state index contributed by atoms with van der Waals surface area (Å²) in [5.74, 6) is -0.301. The Bertz CT molecular complexity index is 1130. The minimum atomic E-state index is -3.91. The number of benzene rings is 2. The van der Waals surface area contributed by atoms with Crippen molar-refractivity contribution in [1.29, 1.82) is 0 Å². The van der Waals surface area contributed by atoms with Crippen LogP contribution in [0.4, 0.5) is 10.5 Å². The van der Waals surface area contributed by atoms with Gasteiger partial charge in [-0.2, -0.15) is 4.31 Å². The Morgan fingerprint density at radius 3 is 2.43 bits per heavy atom. The first kappa shape index (κ1) is 22.5. The minimum Gasteiger partial charge on any atom is -0.453 e. The average Bonchev–Trinajstić information content (AvgIpc) is 2.87. The lowest BCUT2D eigenvalue weighted by Gasteiger charge is -2.20. The molecule has 1 saturated heterocycles. The molecule has 1 fully saturated rings. The van der Waals surface area contributed by atoms with E-state index in [1.807, 2.05) is 0 Å². The van der Waals surface area contributed by atoms with Crippen molar-refractivity contribution in [3.63, 3.8) is 0 Å². The van der Waals surface area contributed by atoms with Crippen LogP contribution in [0.15, 0.2) is 53.4 Å². The van der Waals surface area contributed by atoms with E-state index >= 15 is 0 Å². The van der Waals surface area contributed by atoms with E-state index in [9.17, 15) is 21.6 Å². The summed E-state index contributed by atoms with van der Waals surface area (Å²) < 4.78 is 57.4. The Morgan fingerprint density at radius 1 is 1.13 bits per heavy atom. The van der Waals surface area contributed by atoms with Gasteiger partial charge in [-0.1, -0.05) is 29.8 Å². The molecule has 0 bridgehead atoms. The number of halogens is 1. The van der Waals surface area contributed by atoms with Gasteiger partial charge in [0, 0.05) is 23.8 Å². The Hall–Kier alpha value is -2.14. The topological polar surface area (TPSA) is 110 Å². The largest absolute Gasteiger partial charge is 0.453 e. The van der Waals surface area contributed by atoms with E-state index < -0.39 is 31.2 Å². The molecule has 0 aromatic heterocycles. The smallest absolute Gasteiger partial charge is 0.411 e. The van der Waals surface area contributed by atoms with Crippen LogP contribution in [0.2, 0.25) is 5.02 Å². The van der Waals surface area contributed by atoms with Gasteiger partial charge in [-0.3, -0.25) is 5.32 Å². The molecule has 0 spiro atoms. The van der Waals surface area contributed by atoms with Gasteiger partial charge in [0.25, 0.3) is 0 Å². The number of rotatable bonds is 4. The van der Waals surface area contributed by atoms with Gasteiger partial charge in [-0.25, -0.2) is 21.6 Å². The van der Waals surface area contributed by atoms with Crippen molar-refractivity contribution < 1.29 is 26.4 Å². The lowest BCUT2D eigenvalue weighted by Crippen LogP contribution is -2.33. The fraction of sp³-hybridized carbons (Fsp3) is 0.316. The number of carbonyl (C=O) groups excluding carboxylic acids is 1. The lowest BCUT2D eigenvalue weighted by atomic mass is 10.1. The molecule has 0 aliphatic carbocycles. The predicted octanol–water partition coefficient (Wildman–Crippen LogP) is 3.07. The molecule has 11 heteroatoms. The molecule has 2 aromatic carbocycles. The third-order valence-electron chi connectivity index (χ3n) is 4.88. The zero-order chi connectivity index (χ0) is 21.9. The van der Waals surface area contributed by atoms with Gasteiger partial charge in [0.05, 0.1) is 23.0 Å². The van der Waals surface area contributed by atoms with Crippen molar-refractivity contribution in [3.05, 3.63) is 59.1 Å². The molecule has 1 unspecified atom stereocenters. The molecule has 8 nitrogen and oxygen atoms in total. The molecule has 1 heterocycles. The monoisotopic (exact) mass is 472 g/mol. The van der Waals surface area contributed by atoms with Crippen LogP contribution >= 0.6 is 11.6 Å². The molecule has 0 radical (unpaired) electrons. The number of carbonyl (C=O) groups is 1. The van der Waals surface area contributed by atoms with E-state index in [1.54, 1.807) is 24.3 Å². The molecular formula is C19H21ClN2O6S2. The molecule has 1 N–H and O–H groups in total. The van der Waals surface area contributed by atoms with Gasteiger partial charge in [0.2, 0.25) is 10.0 Å². The summed E-state index contributed by atoms with van der Waals surface area (Å²) in [4.78, 5) is 11.3. The standard InChI is InChI=1S/C19H21ClN2O6S2/c1-28-19(23)21-14-6-8-15(9-7-14)30(26,27)22-11-10-18(29(24,25)13-12-22)16-4-2-3-5-17(16)20/h2-9,18H,10-13H2,1H3,(H,21,23). The van der Waals surface area contributed by atoms with Crippen LogP contribution in [0.3, 0.4) is 0 Å².